The van der Waals surface area contributed by atoms with Crippen LogP contribution < -0.4 is 0 Å². The zero-order valence-corrected chi connectivity index (χ0v) is 12.5. The number of rotatable bonds is 6. The number of carbonyl (C=O) groups is 1. The number of nitrogens with zero attached hydrogens (tertiary/aromatic N) is 1. The molecule has 1 aromatic carbocycles. The fourth-order valence-corrected chi connectivity index (χ4v) is 2.03. The van der Waals surface area contributed by atoms with Crippen LogP contribution in [-0.2, 0) is 4.74 Å². The zero-order chi connectivity index (χ0) is 14.4. The molecule has 1 amide bonds. The Labute approximate surface area is 119 Å². The first-order chi connectivity index (χ1) is 9.01. The maximum Gasteiger partial charge on any atom is 0.259 e. The van der Waals surface area contributed by atoms with Crippen molar-refractivity contribution in [2.45, 2.75) is 13.8 Å². The van der Waals surface area contributed by atoms with Crippen molar-refractivity contribution in [3.63, 3.8) is 0 Å². The molecule has 0 atom stereocenters. The molecule has 3 nitrogen and oxygen atoms in total. The van der Waals surface area contributed by atoms with Gasteiger partial charge in [-0.2, -0.15) is 0 Å². The fourth-order valence-electron chi connectivity index (χ4n) is 1.63. The topological polar surface area (TPSA) is 29.5 Å². The second-order valence-corrected chi connectivity index (χ2v) is 4.74. The third kappa shape index (κ3) is 4.24. The van der Waals surface area contributed by atoms with E-state index in [0.717, 1.165) is 12.1 Å². The van der Waals surface area contributed by atoms with E-state index in [1.165, 1.54) is 4.90 Å². The van der Waals surface area contributed by atoms with Crippen molar-refractivity contribution in [2.75, 3.05) is 26.3 Å². The highest BCUT2D eigenvalue weighted by atomic mass is 79.9. The second kappa shape index (κ2) is 7.55. The number of hydrogen-bond donors (Lipinski definition) is 0. The lowest BCUT2D eigenvalue weighted by atomic mass is 10.1. The van der Waals surface area contributed by atoms with Crippen molar-refractivity contribution < 1.29 is 18.3 Å². The van der Waals surface area contributed by atoms with Gasteiger partial charge in [0, 0.05) is 24.2 Å². The molecule has 0 spiro atoms. The highest BCUT2D eigenvalue weighted by molar-refractivity contribution is 9.10. The molecule has 0 N–H and O–H groups in total. The highest BCUT2D eigenvalue weighted by Crippen LogP contribution is 2.20. The number of carbonyl (C=O) groups excluding carboxylic acids is 1. The monoisotopic (exact) mass is 335 g/mol. The molecule has 0 heterocycles. The zero-order valence-electron chi connectivity index (χ0n) is 10.9. The predicted molar refractivity (Wildman–Crippen MR) is 72.1 cm³/mol. The van der Waals surface area contributed by atoms with Crippen LogP contribution in [0.1, 0.15) is 24.2 Å². The third-order valence-electron chi connectivity index (χ3n) is 2.60. The molecule has 0 aliphatic rings. The number of hydrogen-bond acceptors (Lipinski definition) is 2. The third-order valence-corrected chi connectivity index (χ3v) is 3.06. The lowest BCUT2D eigenvalue weighted by Gasteiger charge is -2.21. The van der Waals surface area contributed by atoms with Crippen molar-refractivity contribution in [1.29, 1.82) is 0 Å². The molecule has 19 heavy (non-hydrogen) atoms. The van der Waals surface area contributed by atoms with E-state index in [9.17, 15) is 13.6 Å². The summed E-state index contributed by atoms with van der Waals surface area (Å²) >= 11 is 2.98. The van der Waals surface area contributed by atoms with E-state index >= 15 is 0 Å². The van der Waals surface area contributed by atoms with Crippen molar-refractivity contribution in [3.8, 4) is 0 Å². The van der Waals surface area contributed by atoms with Gasteiger partial charge in [-0.25, -0.2) is 8.78 Å². The molecule has 106 valence electrons. The van der Waals surface area contributed by atoms with Gasteiger partial charge in [0.1, 0.15) is 17.2 Å². The molecule has 0 saturated heterocycles. The largest absolute Gasteiger partial charge is 0.380 e. The van der Waals surface area contributed by atoms with Gasteiger partial charge in [0.15, 0.2) is 0 Å². The minimum absolute atomic E-state index is 0.261. The first kappa shape index (κ1) is 16.0. The van der Waals surface area contributed by atoms with Crippen LogP contribution in [0.15, 0.2) is 16.6 Å². The summed E-state index contributed by atoms with van der Waals surface area (Å²) in [5, 5.41) is 0. The summed E-state index contributed by atoms with van der Waals surface area (Å²) in [6.07, 6.45) is 0. The Hall–Kier alpha value is -1.01. The van der Waals surface area contributed by atoms with E-state index < -0.39 is 23.1 Å². The molecule has 0 saturated carbocycles. The average molecular weight is 336 g/mol. The smallest absolute Gasteiger partial charge is 0.259 e. The second-order valence-electron chi connectivity index (χ2n) is 3.83. The van der Waals surface area contributed by atoms with E-state index in [-0.39, 0.29) is 4.47 Å². The van der Waals surface area contributed by atoms with E-state index in [2.05, 4.69) is 15.9 Å². The Morgan fingerprint density at radius 3 is 2.37 bits per heavy atom. The molecule has 1 rings (SSSR count). The molecule has 6 heteroatoms. The lowest BCUT2D eigenvalue weighted by molar-refractivity contribution is 0.0660. The first-order valence-electron chi connectivity index (χ1n) is 6.02. The van der Waals surface area contributed by atoms with Crippen LogP contribution in [-0.4, -0.2) is 37.1 Å². The van der Waals surface area contributed by atoms with Crippen molar-refractivity contribution in [2.24, 2.45) is 0 Å². The van der Waals surface area contributed by atoms with Crippen LogP contribution in [0.5, 0.6) is 0 Å². The van der Waals surface area contributed by atoms with E-state index in [0.29, 0.717) is 26.3 Å². The van der Waals surface area contributed by atoms with Crippen LogP contribution >= 0.6 is 15.9 Å². The van der Waals surface area contributed by atoms with E-state index in [1.54, 1.807) is 6.92 Å². The Morgan fingerprint density at radius 2 is 1.89 bits per heavy atom. The lowest BCUT2D eigenvalue weighted by Crippen LogP contribution is -2.35. The number of halogens is 3. The van der Waals surface area contributed by atoms with Crippen LogP contribution in [0.3, 0.4) is 0 Å². The molecule has 0 bridgehead atoms. The van der Waals surface area contributed by atoms with Gasteiger partial charge >= 0.3 is 0 Å². The maximum atomic E-state index is 13.7. The molecule has 1 aromatic rings. The Balaban J connectivity index is 2.91. The quantitative estimate of drug-likeness (QED) is 0.747. The standard InChI is InChI=1S/C13H16BrF2NO2/c1-3-17(5-6-19-4-2)13(18)12-10(15)7-9(14)8-11(12)16/h7-8H,3-6H2,1-2H3. The summed E-state index contributed by atoms with van der Waals surface area (Å²) in [5.74, 6) is -2.40. The Morgan fingerprint density at radius 1 is 1.32 bits per heavy atom. The SMILES string of the molecule is CCOCCN(CC)C(=O)c1c(F)cc(Br)cc1F. The van der Waals surface area contributed by atoms with Gasteiger partial charge in [0.2, 0.25) is 0 Å². The number of ether oxygens (including phenoxy) is 1. The van der Waals surface area contributed by atoms with Crippen LogP contribution in [0.25, 0.3) is 0 Å². The Bertz CT molecular complexity index is 431. The van der Waals surface area contributed by atoms with Crippen LogP contribution in [0.2, 0.25) is 0 Å². The van der Waals surface area contributed by atoms with E-state index in [4.69, 9.17) is 4.74 Å². The van der Waals surface area contributed by atoms with Gasteiger partial charge in [-0.1, -0.05) is 15.9 Å². The van der Waals surface area contributed by atoms with Crippen LogP contribution in [0.4, 0.5) is 8.78 Å². The molecule has 0 radical (unpaired) electrons. The summed E-state index contributed by atoms with van der Waals surface area (Å²) in [4.78, 5) is 13.5. The maximum absolute atomic E-state index is 13.7. The van der Waals surface area contributed by atoms with Crippen molar-refractivity contribution >= 4 is 21.8 Å². The van der Waals surface area contributed by atoms with Gasteiger partial charge < -0.3 is 9.64 Å². The summed E-state index contributed by atoms with van der Waals surface area (Å²) in [6, 6.07) is 2.15. The number of likely N-dealkylation sites (N-methyl/N-ethyl adjacent to an activating group) is 1. The number of benzene rings is 1. The molecule has 0 unspecified atom stereocenters. The van der Waals surface area contributed by atoms with Gasteiger partial charge in [-0.05, 0) is 26.0 Å². The van der Waals surface area contributed by atoms with E-state index in [1.807, 2.05) is 6.92 Å². The minimum Gasteiger partial charge on any atom is -0.380 e. The molecule has 0 aliphatic heterocycles. The highest BCUT2D eigenvalue weighted by Gasteiger charge is 2.22. The molecule has 0 fully saturated rings. The predicted octanol–water partition coefficient (Wildman–Crippen LogP) is 3.23. The van der Waals surface area contributed by atoms with Gasteiger partial charge in [0.05, 0.1) is 6.61 Å². The van der Waals surface area contributed by atoms with Gasteiger partial charge in [-0.3, -0.25) is 4.79 Å². The summed E-state index contributed by atoms with van der Waals surface area (Å²) in [6.45, 7) is 5.13. The van der Waals surface area contributed by atoms with Crippen molar-refractivity contribution in [1.82, 2.24) is 4.90 Å². The minimum atomic E-state index is -0.869. The van der Waals surface area contributed by atoms with Crippen LogP contribution in [0, 0.1) is 11.6 Å². The Kier molecular flexibility index (Phi) is 6.37. The molecule has 0 aromatic heterocycles. The summed E-state index contributed by atoms with van der Waals surface area (Å²) < 4.78 is 32.8. The van der Waals surface area contributed by atoms with Gasteiger partial charge in [-0.15, -0.1) is 0 Å². The molecule has 0 aliphatic carbocycles. The van der Waals surface area contributed by atoms with Crippen molar-refractivity contribution in [3.05, 3.63) is 33.8 Å². The van der Waals surface area contributed by atoms with Gasteiger partial charge in [0.25, 0.3) is 5.91 Å². The molecular formula is C13H16BrF2NO2. The summed E-state index contributed by atoms with van der Waals surface area (Å²) in [5.41, 5.74) is -0.526. The fraction of sp³-hybridized carbons (Fsp3) is 0.462. The summed E-state index contributed by atoms with van der Waals surface area (Å²) in [7, 11) is 0. The normalized spacial score (nSPS) is 10.6. The number of amides is 1. The average Bonchev–Trinajstić information content (AvgIpc) is 2.33. The molecular weight excluding hydrogens is 320 g/mol. The first-order valence-corrected chi connectivity index (χ1v) is 6.82.